The van der Waals surface area contributed by atoms with Crippen LogP contribution in [0.5, 0.6) is 11.5 Å². The normalized spacial score (nSPS) is 13.4. The molecule has 1 heterocycles. The van der Waals surface area contributed by atoms with Crippen molar-refractivity contribution in [2.24, 2.45) is 0 Å². The fourth-order valence-corrected chi connectivity index (χ4v) is 1.32. The average molecular weight is 183 g/mol. The smallest absolute Gasteiger partial charge is 0.231 e. The molecule has 1 aliphatic rings. The predicted molar refractivity (Wildman–Crippen MR) is 48.4 cm³/mol. The Balaban J connectivity index is 2.26. The third kappa shape index (κ3) is 1.35. The number of hydrogen-bond acceptors (Lipinski definition) is 4. The zero-order valence-electron chi connectivity index (χ0n) is 6.41. The minimum atomic E-state index is 0.326. The molecule has 64 valence electrons. The molecule has 0 saturated heterocycles. The van der Waals surface area contributed by atoms with Gasteiger partial charge in [-0.05, 0) is 17.7 Å². The Morgan fingerprint density at radius 1 is 1.33 bits per heavy atom. The van der Waals surface area contributed by atoms with Crippen molar-refractivity contribution in [2.75, 3.05) is 6.79 Å². The number of ether oxygens (including phenoxy) is 2. The van der Waals surface area contributed by atoms with Crippen molar-refractivity contribution in [1.82, 2.24) is 4.72 Å². The highest BCUT2D eigenvalue weighted by molar-refractivity contribution is 7.78. The molecule has 1 N–H and O–H groups in total. The maximum atomic E-state index is 5.21. The van der Waals surface area contributed by atoms with E-state index in [1.807, 2.05) is 18.2 Å². The largest absolute Gasteiger partial charge is 0.454 e. The SMILES string of the molecule is SNCc1ccc2c(c1)OCO2. The van der Waals surface area contributed by atoms with Gasteiger partial charge in [0.1, 0.15) is 0 Å². The minimum Gasteiger partial charge on any atom is -0.454 e. The molecule has 0 bridgehead atoms. The lowest BCUT2D eigenvalue weighted by atomic mass is 10.2. The third-order valence-electron chi connectivity index (χ3n) is 1.72. The van der Waals surface area contributed by atoms with Crippen molar-refractivity contribution in [1.29, 1.82) is 0 Å². The Morgan fingerprint density at radius 3 is 3.00 bits per heavy atom. The molecule has 1 aliphatic heterocycles. The molecule has 2 rings (SSSR count). The van der Waals surface area contributed by atoms with Crippen LogP contribution in [0.1, 0.15) is 5.56 Å². The van der Waals surface area contributed by atoms with Crippen LogP contribution in [-0.2, 0) is 6.54 Å². The predicted octanol–water partition coefficient (Wildman–Crippen LogP) is 1.35. The Bertz CT molecular complexity index is 290. The summed E-state index contributed by atoms with van der Waals surface area (Å²) in [6.45, 7) is 1.05. The van der Waals surface area contributed by atoms with Crippen molar-refractivity contribution in [3.63, 3.8) is 0 Å². The van der Waals surface area contributed by atoms with Gasteiger partial charge in [0.05, 0.1) is 0 Å². The second-order valence-electron chi connectivity index (χ2n) is 2.52. The molecule has 4 heteroatoms. The molecule has 1 aromatic rings. The molecule has 0 atom stereocenters. The van der Waals surface area contributed by atoms with Gasteiger partial charge in [-0.25, -0.2) is 0 Å². The van der Waals surface area contributed by atoms with E-state index in [4.69, 9.17) is 9.47 Å². The lowest BCUT2D eigenvalue weighted by Gasteiger charge is -2.00. The summed E-state index contributed by atoms with van der Waals surface area (Å²) < 4.78 is 13.2. The second kappa shape index (κ2) is 3.25. The molecular weight excluding hydrogens is 174 g/mol. The Morgan fingerprint density at radius 2 is 2.17 bits per heavy atom. The van der Waals surface area contributed by atoms with Gasteiger partial charge in [0.15, 0.2) is 11.5 Å². The van der Waals surface area contributed by atoms with Crippen LogP contribution in [-0.4, -0.2) is 6.79 Å². The first-order valence-corrected chi connectivity index (χ1v) is 4.10. The summed E-state index contributed by atoms with van der Waals surface area (Å²) in [6.07, 6.45) is 0. The summed E-state index contributed by atoms with van der Waals surface area (Å²) in [5.74, 6) is 1.63. The van der Waals surface area contributed by atoms with Crippen molar-refractivity contribution in [2.45, 2.75) is 6.54 Å². The van der Waals surface area contributed by atoms with Gasteiger partial charge in [-0.2, -0.15) is 0 Å². The lowest BCUT2D eigenvalue weighted by Crippen LogP contribution is -1.97. The first-order chi connectivity index (χ1) is 5.90. The molecule has 0 radical (unpaired) electrons. The first kappa shape index (κ1) is 7.76. The van der Waals surface area contributed by atoms with E-state index in [0.717, 1.165) is 23.6 Å². The van der Waals surface area contributed by atoms with Gasteiger partial charge in [-0.3, -0.25) is 4.72 Å². The highest BCUT2D eigenvalue weighted by atomic mass is 32.1. The highest BCUT2D eigenvalue weighted by Crippen LogP contribution is 2.32. The van der Waals surface area contributed by atoms with Crippen LogP contribution in [0.2, 0.25) is 0 Å². The van der Waals surface area contributed by atoms with E-state index in [1.54, 1.807) is 0 Å². The molecule has 3 nitrogen and oxygen atoms in total. The number of hydrogen-bond donors (Lipinski definition) is 2. The molecule has 0 fully saturated rings. The maximum Gasteiger partial charge on any atom is 0.231 e. The van der Waals surface area contributed by atoms with Crippen molar-refractivity contribution in [3.05, 3.63) is 23.8 Å². The maximum absolute atomic E-state index is 5.21. The van der Waals surface area contributed by atoms with E-state index in [9.17, 15) is 0 Å². The summed E-state index contributed by atoms with van der Waals surface area (Å²) in [5.41, 5.74) is 1.13. The van der Waals surface area contributed by atoms with Crippen LogP contribution in [0.25, 0.3) is 0 Å². The monoisotopic (exact) mass is 183 g/mol. The molecular formula is C8H9NO2S. The van der Waals surface area contributed by atoms with E-state index in [2.05, 4.69) is 17.5 Å². The number of fused-ring (bicyclic) bond motifs is 1. The second-order valence-corrected chi connectivity index (χ2v) is 2.84. The minimum absolute atomic E-state index is 0.326. The van der Waals surface area contributed by atoms with Crippen molar-refractivity contribution >= 4 is 12.8 Å². The van der Waals surface area contributed by atoms with Crippen LogP contribution in [0.3, 0.4) is 0 Å². The topological polar surface area (TPSA) is 30.5 Å². The number of thiol groups is 1. The molecule has 0 saturated carbocycles. The molecule has 1 aromatic carbocycles. The summed E-state index contributed by atoms with van der Waals surface area (Å²) in [4.78, 5) is 0. The van der Waals surface area contributed by atoms with Gasteiger partial charge < -0.3 is 9.47 Å². The van der Waals surface area contributed by atoms with Crippen LogP contribution >= 0.6 is 12.8 Å². The molecule has 12 heavy (non-hydrogen) atoms. The number of rotatable bonds is 2. The standard InChI is InChI=1S/C8H9NO2S/c12-9-4-6-1-2-7-8(3-6)11-5-10-7/h1-3,9,12H,4-5H2. The van der Waals surface area contributed by atoms with Crippen molar-refractivity contribution < 1.29 is 9.47 Å². The zero-order valence-corrected chi connectivity index (χ0v) is 7.30. The van der Waals surface area contributed by atoms with E-state index in [1.165, 1.54) is 0 Å². The average Bonchev–Trinajstić information content (AvgIpc) is 2.51. The van der Waals surface area contributed by atoms with Gasteiger partial charge in [-0.1, -0.05) is 18.9 Å². The van der Waals surface area contributed by atoms with Gasteiger partial charge in [0, 0.05) is 6.54 Å². The van der Waals surface area contributed by atoms with Crippen LogP contribution < -0.4 is 14.2 Å². The fourth-order valence-electron chi connectivity index (χ4n) is 1.14. The van der Waals surface area contributed by atoms with Gasteiger partial charge in [0.25, 0.3) is 0 Å². The Kier molecular flexibility index (Phi) is 2.10. The summed E-state index contributed by atoms with van der Waals surface area (Å²) in [7, 11) is 0. The summed E-state index contributed by atoms with van der Waals surface area (Å²) >= 11 is 3.91. The van der Waals surface area contributed by atoms with E-state index in [0.29, 0.717) is 6.79 Å². The molecule has 0 amide bonds. The van der Waals surface area contributed by atoms with Crippen molar-refractivity contribution in [3.8, 4) is 11.5 Å². The molecule has 0 spiro atoms. The Labute approximate surface area is 76.2 Å². The van der Waals surface area contributed by atoms with E-state index >= 15 is 0 Å². The Hall–Kier alpha value is -0.870. The van der Waals surface area contributed by atoms with Gasteiger partial charge in [0.2, 0.25) is 6.79 Å². The first-order valence-electron chi connectivity index (χ1n) is 3.65. The number of benzene rings is 1. The van der Waals surface area contributed by atoms with E-state index in [-0.39, 0.29) is 0 Å². The van der Waals surface area contributed by atoms with Crippen LogP contribution in [0.15, 0.2) is 18.2 Å². The fraction of sp³-hybridized carbons (Fsp3) is 0.250. The summed E-state index contributed by atoms with van der Waals surface area (Å²) in [5, 5.41) is 0. The van der Waals surface area contributed by atoms with E-state index < -0.39 is 0 Å². The van der Waals surface area contributed by atoms with Gasteiger partial charge >= 0.3 is 0 Å². The lowest BCUT2D eigenvalue weighted by molar-refractivity contribution is 0.174. The third-order valence-corrected chi connectivity index (χ3v) is 1.88. The highest BCUT2D eigenvalue weighted by Gasteiger charge is 2.12. The molecule has 0 aromatic heterocycles. The molecule has 0 aliphatic carbocycles. The summed E-state index contributed by atoms with van der Waals surface area (Å²) in [6, 6.07) is 5.84. The quantitative estimate of drug-likeness (QED) is 0.678. The molecule has 0 unspecified atom stereocenters. The zero-order chi connectivity index (χ0) is 8.39. The number of nitrogens with one attached hydrogen (secondary N) is 1. The van der Waals surface area contributed by atoms with Crippen LogP contribution in [0.4, 0.5) is 0 Å². The van der Waals surface area contributed by atoms with Gasteiger partial charge in [-0.15, -0.1) is 0 Å². The van der Waals surface area contributed by atoms with Crippen LogP contribution in [0, 0.1) is 0 Å².